The number of allylic oxidation sites excluding steroid dienone is 2. The van der Waals surface area contributed by atoms with Crippen LogP contribution in [0.2, 0.25) is 0 Å². The zero-order valence-corrected chi connectivity index (χ0v) is 17.0. The van der Waals surface area contributed by atoms with Gasteiger partial charge in [-0.3, -0.25) is 9.59 Å². The van der Waals surface area contributed by atoms with Crippen molar-refractivity contribution in [2.75, 3.05) is 5.32 Å². The van der Waals surface area contributed by atoms with Gasteiger partial charge in [0.25, 0.3) is 0 Å². The van der Waals surface area contributed by atoms with Crippen LogP contribution in [0.3, 0.4) is 0 Å². The Morgan fingerprint density at radius 3 is 2.41 bits per heavy atom. The van der Waals surface area contributed by atoms with Crippen molar-refractivity contribution in [3.63, 3.8) is 0 Å². The van der Waals surface area contributed by atoms with E-state index >= 15 is 0 Å². The predicted molar refractivity (Wildman–Crippen MR) is 119 cm³/mol. The van der Waals surface area contributed by atoms with Crippen LogP contribution >= 0.6 is 0 Å². The lowest BCUT2D eigenvalue weighted by Crippen LogP contribution is -2.44. The first-order chi connectivity index (χ1) is 15.5. The number of carbonyl (C=O) groups excluding carboxylic acids is 2. The lowest BCUT2D eigenvalue weighted by molar-refractivity contribution is -0.117. The van der Waals surface area contributed by atoms with Gasteiger partial charge in [-0.25, -0.2) is 4.39 Å². The fourth-order valence-corrected chi connectivity index (χ4v) is 3.56. The van der Waals surface area contributed by atoms with Gasteiger partial charge in [0.2, 0.25) is 11.7 Å². The van der Waals surface area contributed by atoms with Gasteiger partial charge >= 0.3 is 0 Å². The van der Waals surface area contributed by atoms with Crippen molar-refractivity contribution in [3.05, 3.63) is 113 Å². The Balaban J connectivity index is 1.63. The highest BCUT2D eigenvalue weighted by Crippen LogP contribution is 2.21. The number of rotatable bonds is 6. The van der Waals surface area contributed by atoms with Crippen LogP contribution in [0, 0.1) is 5.82 Å². The van der Waals surface area contributed by atoms with Crippen LogP contribution in [-0.2, 0) is 11.2 Å². The summed E-state index contributed by atoms with van der Waals surface area (Å²) in [6, 6.07) is 20.8. The monoisotopic (exact) mass is 429 g/mol. The Bertz CT molecular complexity index is 1220. The van der Waals surface area contributed by atoms with Gasteiger partial charge in [0, 0.05) is 23.2 Å². The summed E-state index contributed by atoms with van der Waals surface area (Å²) in [5.74, 6) is -1.22. The van der Waals surface area contributed by atoms with E-state index in [4.69, 9.17) is 0 Å². The van der Waals surface area contributed by atoms with E-state index in [0.717, 1.165) is 5.56 Å². The van der Waals surface area contributed by atoms with Crippen LogP contribution in [0.5, 0.6) is 0 Å². The van der Waals surface area contributed by atoms with E-state index in [1.807, 2.05) is 30.3 Å². The second kappa shape index (κ2) is 9.26. The number of hydrogen-bond acceptors (Lipinski definition) is 5. The van der Waals surface area contributed by atoms with Crippen molar-refractivity contribution in [2.45, 2.75) is 12.5 Å². The van der Waals surface area contributed by atoms with E-state index in [-0.39, 0.29) is 23.6 Å². The van der Waals surface area contributed by atoms with E-state index in [1.54, 1.807) is 30.3 Å². The average Bonchev–Trinajstić information content (AvgIpc) is 2.81. The van der Waals surface area contributed by atoms with Crippen molar-refractivity contribution >= 4 is 23.1 Å². The average molecular weight is 429 g/mol. The second-order valence-electron chi connectivity index (χ2n) is 7.30. The highest BCUT2D eigenvalue weighted by Gasteiger charge is 2.28. The Morgan fingerprint density at radius 1 is 0.969 bits per heavy atom. The Kier molecular flexibility index (Phi) is 6.07. The molecule has 0 heterocycles. The van der Waals surface area contributed by atoms with Gasteiger partial charge in [-0.2, -0.15) is 0 Å². The summed E-state index contributed by atoms with van der Waals surface area (Å²) < 4.78 is 13.6. The number of nitrogens with zero attached hydrogens (tertiary/aromatic N) is 1. The maximum Gasteiger partial charge on any atom is 0.247 e. The number of fused-ring (bicyclic) bond motifs is 1. The quantitative estimate of drug-likeness (QED) is 0.409. The molecule has 1 aliphatic rings. The third kappa shape index (κ3) is 4.57. The van der Waals surface area contributed by atoms with Gasteiger partial charge < -0.3 is 15.8 Å². The van der Waals surface area contributed by atoms with Crippen LogP contribution in [-0.4, -0.2) is 28.7 Å². The van der Waals surface area contributed by atoms with Gasteiger partial charge in [-0.15, -0.1) is 0 Å². The molecular formula is C25H20FN3O3. The number of nitrogens with one attached hydrogen (secondary N) is 2. The van der Waals surface area contributed by atoms with E-state index in [9.17, 15) is 19.2 Å². The molecule has 0 spiro atoms. The van der Waals surface area contributed by atoms with Gasteiger partial charge in [-0.05, 0) is 29.8 Å². The van der Waals surface area contributed by atoms with Crippen molar-refractivity contribution < 1.29 is 19.2 Å². The number of Topliss-reactive ketones (excluding diaryl/α,β-unsaturated/α-hetero) is 1. The Morgan fingerprint density at radius 2 is 1.69 bits per heavy atom. The van der Waals surface area contributed by atoms with Gasteiger partial charge in [0.1, 0.15) is 17.6 Å². The van der Waals surface area contributed by atoms with Crippen molar-refractivity contribution in [1.82, 2.24) is 5.32 Å². The number of oxime groups is 1. The molecular weight excluding hydrogens is 409 g/mol. The molecule has 32 heavy (non-hydrogen) atoms. The number of amides is 1. The third-order valence-electron chi connectivity index (χ3n) is 5.10. The second-order valence-corrected chi connectivity index (χ2v) is 7.30. The minimum Gasteiger partial charge on any atom is -0.410 e. The third-order valence-corrected chi connectivity index (χ3v) is 5.10. The summed E-state index contributed by atoms with van der Waals surface area (Å²) in [7, 11) is 0. The van der Waals surface area contributed by atoms with Gasteiger partial charge in [0.05, 0.1) is 5.70 Å². The maximum atomic E-state index is 13.6. The van der Waals surface area contributed by atoms with E-state index < -0.39 is 17.8 Å². The SMILES string of the molecule is O=C1C(N[C@H](Cc2ccccc2)C(=O)Nc2cccc(F)c2)=CC(=NO)c2ccccc21. The molecule has 3 N–H and O–H groups in total. The van der Waals surface area contributed by atoms with Crippen LogP contribution in [0.4, 0.5) is 10.1 Å². The van der Waals surface area contributed by atoms with E-state index in [2.05, 4.69) is 15.8 Å². The number of halogens is 1. The van der Waals surface area contributed by atoms with Crippen molar-refractivity contribution in [1.29, 1.82) is 0 Å². The molecule has 3 aromatic rings. The highest BCUT2D eigenvalue weighted by molar-refractivity contribution is 6.26. The molecule has 3 aromatic carbocycles. The number of ketones is 1. The van der Waals surface area contributed by atoms with Crippen LogP contribution in [0.15, 0.2) is 95.8 Å². The summed E-state index contributed by atoms with van der Waals surface area (Å²) in [4.78, 5) is 26.1. The Hall–Kier alpha value is -4.26. The first-order valence-corrected chi connectivity index (χ1v) is 10.00. The molecule has 0 saturated carbocycles. The molecule has 160 valence electrons. The fraction of sp³-hybridized carbons (Fsp3) is 0.0800. The molecule has 0 bridgehead atoms. The molecule has 0 saturated heterocycles. The lowest BCUT2D eigenvalue weighted by atomic mass is 9.91. The predicted octanol–water partition coefficient (Wildman–Crippen LogP) is 3.92. The number of anilines is 1. The molecule has 0 unspecified atom stereocenters. The molecule has 7 heteroatoms. The maximum absolute atomic E-state index is 13.6. The molecule has 0 aliphatic heterocycles. The van der Waals surface area contributed by atoms with Crippen LogP contribution in [0.25, 0.3) is 0 Å². The zero-order valence-electron chi connectivity index (χ0n) is 17.0. The summed E-state index contributed by atoms with van der Waals surface area (Å²) in [6.45, 7) is 0. The molecule has 0 radical (unpaired) electrons. The minimum atomic E-state index is -0.846. The summed E-state index contributed by atoms with van der Waals surface area (Å²) >= 11 is 0. The van der Waals surface area contributed by atoms with Gasteiger partial charge in [0.15, 0.2) is 0 Å². The number of carbonyl (C=O) groups is 2. The standard InChI is InChI=1S/C25H20FN3O3/c26-17-9-6-10-18(14-17)27-25(31)23(13-16-7-2-1-3-8-16)28-22-15-21(29-32)19-11-4-5-12-20(19)24(22)30/h1-12,14-15,23,28,32H,13H2,(H,27,31)/t23-/m1/s1. The van der Waals surface area contributed by atoms with Crippen LogP contribution in [0.1, 0.15) is 21.5 Å². The van der Waals surface area contributed by atoms with Crippen molar-refractivity contribution in [2.24, 2.45) is 5.16 Å². The molecule has 1 aliphatic carbocycles. The summed E-state index contributed by atoms with van der Waals surface area (Å²) in [5.41, 5.74) is 2.41. The largest absolute Gasteiger partial charge is 0.410 e. The number of benzene rings is 3. The molecule has 4 rings (SSSR count). The molecule has 1 amide bonds. The van der Waals surface area contributed by atoms with E-state index in [1.165, 1.54) is 24.3 Å². The Labute approximate surface area is 184 Å². The summed E-state index contributed by atoms with van der Waals surface area (Å²) in [6.07, 6.45) is 1.69. The molecule has 0 fully saturated rings. The topological polar surface area (TPSA) is 90.8 Å². The molecule has 1 atom stereocenters. The van der Waals surface area contributed by atoms with Gasteiger partial charge in [-0.1, -0.05) is 65.8 Å². The zero-order chi connectivity index (χ0) is 22.5. The smallest absolute Gasteiger partial charge is 0.247 e. The fourth-order valence-electron chi connectivity index (χ4n) is 3.56. The molecule has 0 aromatic heterocycles. The highest BCUT2D eigenvalue weighted by atomic mass is 19.1. The minimum absolute atomic E-state index is 0.131. The first kappa shape index (κ1) is 21.0. The van der Waals surface area contributed by atoms with Crippen molar-refractivity contribution in [3.8, 4) is 0 Å². The lowest BCUT2D eigenvalue weighted by Gasteiger charge is -2.24. The number of hydrogen-bond donors (Lipinski definition) is 3. The summed E-state index contributed by atoms with van der Waals surface area (Å²) in [5, 5.41) is 18.4. The van der Waals surface area contributed by atoms with Crippen LogP contribution < -0.4 is 10.6 Å². The first-order valence-electron chi connectivity index (χ1n) is 10.00. The molecule has 6 nitrogen and oxygen atoms in total. The van der Waals surface area contributed by atoms with E-state index in [0.29, 0.717) is 16.8 Å². The normalized spacial score (nSPS) is 15.0.